The first kappa shape index (κ1) is 23.5. The van der Waals surface area contributed by atoms with E-state index in [9.17, 15) is 9.90 Å². The number of aliphatic hydroxyl groups excluding tert-OH is 1. The van der Waals surface area contributed by atoms with Crippen molar-refractivity contribution in [2.24, 2.45) is 0 Å². The smallest absolute Gasteiger partial charge is 0.226 e. The number of β-amino-alcohol motifs (C(OH)–C–C–N with tert-alkyl or cyclic N) is 1. The first-order valence-corrected chi connectivity index (χ1v) is 11.2. The van der Waals surface area contributed by atoms with Crippen LogP contribution in [0.1, 0.15) is 12.8 Å². The zero-order valence-electron chi connectivity index (χ0n) is 18.1. The van der Waals surface area contributed by atoms with Crippen molar-refractivity contribution in [1.82, 2.24) is 9.80 Å². The molecule has 3 rings (SSSR count). The second kappa shape index (κ2) is 12.1. The van der Waals surface area contributed by atoms with Crippen LogP contribution >= 0.6 is 11.6 Å². The van der Waals surface area contributed by atoms with Crippen molar-refractivity contribution < 1.29 is 14.6 Å². The van der Waals surface area contributed by atoms with E-state index in [-0.39, 0.29) is 12.5 Å². The number of benzene rings is 2. The number of nitrogens with zero attached hydrogens (tertiary/aromatic N) is 3. The standard InChI is InChI=1S/C24H32ClN3O3/c1-26(21-6-3-2-4-7-21)24(30)8-5-13-27-14-16-28(17-15-27)18-22(29)19-31-23-11-9-20(25)10-12-23/h2-4,6-7,9-12,22,29H,5,8,13-19H2,1H3. The molecule has 0 spiro atoms. The Morgan fingerprint density at radius 1 is 1.06 bits per heavy atom. The van der Waals surface area contributed by atoms with Gasteiger partial charge in [0.15, 0.2) is 0 Å². The number of anilines is 1. The third-order valence-electron chi connectivity index (χ3n) is 5.57. The van der Waals surface area contributed by atoms with E-state index in [2.05, 4.69) is 9.80 Å². The maximum Gasteiger partial charge on any atom is 0.226 e. The fourth-order valence-electron chi connectivity index (χ4n) is 3.69. The summed E-state index contributed by atoms with van der Waals surface area (Å²) in [5, 5.41) is 10.9. The second-order valence-corrected chi connectivity index (χ2v) is 8.39. The number of hydrogen-bond donors (Lipinski definition) is 1. The van der Waals surface area contributed by atoms with Crippen LogP contribution in [0.3, 0.4) is 0 Å². The number of amides is 1. The van der Waals surface area contributed by atoms with Crippen LogP contribution in [0.2, 0.25) is 5.02 Å². The van der Waals surface area contributed by atoms with Gasteiger partial charge in [-0.15, -0.1) is 0 Å². The highest BCUT2D eigenvalue weighted by Crippen LogP contribution is 2.16. The summed E-state index contributed by atoms with van der Waals surface area (Å²) in [5.41, 5.74) is 0.930. The Balaban J connectivity index is 1.28. The van der Waals surface area contributed by atoms with Crippen LogP contribution in [0.4, 0.5) is 5.69 Å². The molecule has 7 heteroatoms. The van der Waals surface area contributed by atoms with Crippen molar-refractivity contribution >= 4 is 23.2 Å². The van der Waals surface area contributed by atoms with Gasteiger partial charge in [-0.1, -0.05) is 29.8 Å². The summed E-state index contributed by atoms with van der Waals surface area (Å²) < 4.78 is 5.63. The molecule has 0 bridgehead atoms. The average Bonchev–Trinajstić information content (AvgIpc) is 2.80. The number of rotatable bonds is 10. The van der Waals surface area contributed by atoms with Gasteiger partial charge < -0.3 is 19.6 Å². The number of ether oxygens (including phenoxy) is 1. The lowest BCUT2D eigenvalue weighted by Gasteiger charge is -2.35. The van der Waals surface area contributed by atoms with Crippen LogP contribution in [-0.2, 0) is 4.79 Å². The molecule has 31 heavy (non-hydrogen) atoms. The minimum absolute atomic E-state index is 0.147. The number of piperazine rings is 1. The molecule has 1 unspecified atom stereocenters. The van der Waals surface area contributed by atoms with Gasteiger partial charge in [0, 0.05) is 56.9 Å². The van der Waals surface area contributed by atoms with Crippen LogP contribution < -0.4 is 9.64 Å². The van der Waals surface area contributed by atoms with E-state index in [1.54, 1.807) is 29.2 Å². The topological polar surface area (TPSA) is 56.3 Å². The lowest BCUT2D eigenvalue weighted by molar-refractivity contribution is -0.118. The maximum atomic E-state index is 12.4. The van der Waals surface area contributed by atoms with Crippen LogP contribution in [0.5, 0.6) is 5.75 Å². The molecule has 168 valence electrons. The van der Waals surface area contributed by atoms with Crippen LogP contribution in [0, 0.1) is 0 Å². The summed E-state index contributed by atoms with van der Waals surface area (Å²) in [7, 11) is 1.83. The predicted molar refractivity (Wildman–Crippen MR) is 125 cm³/mol. The van der Waals surface area contributed by atoms with E-state index in [0.29, 0.717) is 23.7 Å². The zero-order valence-corrected chi connectivity index (χ0v) is 18.9. The summed E-state index contributed by atoms with van der Waals surface area (Å²) in [6.07, 6.45) is 0.869. The normalized spacial score (nSPS) is 16.1. The lowest BCUT2D eigenvalue weighted by atomic mass is 10.2. The Morgan fingerprint density at radius 3 is 2.39 bits per heavy atom. The quantitative estimate of drug-likeness (QED) is 0.609. The van der Waals surface area contributed by atoms with E-state index in [1.807, 2.05) is 37.4 Å². The van der Waals surface area contributed by atoms with Gasteiger partial charge in [-0.3, -0.25) is 9.69 Å². The van der Waals surface area contributed by atoms with Gasteiger partial charge in [-0.05, 0) is 49.4 Å². The minimum Gasteiger partial charge on any atom is -0.491 e. The van der Waals surface area contributed by atoms with Crippen molar-refractivity contribution in [2.45, 2.75) is 18.9 Å². The highest BCUT2D eigenvalue weighted by atomic mass is 35.5. The van der Waals surface area contributed by atoms with E-state index in [0.717, 1.165) is 44.8 Å². The molecule has 0 radical (unpaired) electrons. The van der Waals surface area contributed by atoms with Gasteiger partial charge in [0.2, 0.25) is 5.91 Å². The number of hydrogen-bond acceptors (Lipinski definition) is 5. The van der Waals surface area contributed by atoms with E-state index >= 15 is 0 Å². The Morgan fingerprint density at radius 2 is 1.71 bits per heavy atom. The van der Waals surface area contributed by atoms with Crippen molar-refractivity contribution in [1.29, 1.82) is 0 Å². The van der Waals surface area contributed by atoms with Gasteiger partial charge in [-0.2, -0.15) is 0 Å². The van der Waals surface area contributed by atoms with Crippen molar-refractivity contribution in [3.63, 3.8) is 0 Å². The third kappa shape index (κ3) is 7.82. The summed E-state index contributed by atoms with van der Waals surface area (Å²) in [6.45, 7) is 5.51. The summed E-state index contributed by atoms with van der Waals surface area (Å²) >= 11 is 5.87. The molecule has 1 N–H and O–H groups in total. The maximum absolute atomic E-state index is 12.4. The minimum atomic E-state index is -0.534. The highest BCUT2D eigenvalue weighted by Gasteiger charge is 2.20. The number of carbonyl (C=O) groups is 1. The monoisotopic (exact) mass is 445 g/mol. The summed E-state index contributed by atoms with van der Waals surface area (Å²) in [6, 6.07) is 16.9. The molecular weight excluding hydrogens is 414 g/mol. The zero-order chi connectivity index (χ0) is 22.1. The van der Waals surface area contributed by atoms with Crippen molar-refractivity contribution in [3.8, 4) is 5.75 Å². The Bertz CT molecular complexity index is 795. The van der Waals surface area contributed by atoms with Crippen LogP contribution in [0.15, 0.2) is 54.6 Å². The molecule has 6 nitrogen and oxygen atoms in total. The molecule has 0 aromatic heterocycles. The number of halogens is 1. The van der Waals surface area contributed by atoms with E-state index in [4.69, 9.17) is 16.3 Å². The Kier molecular flexibility index (Phi) is 9.15. The van der Waals surface area contributed by atoms with Crippen molar-refractivity contribution in [2.75, 3.05) is 57.8 Å². The third-order valence-corrected chi connectivity index (χ3v) is 5.82. The molecule has 0 saturated carbocycles. The molecular formula is C24H32ClN3O3. The molecule has 1 aliphatic heterocycles. The largest absolute Gasteiger partial charge is 0.491 e. The molecule has 1 saturated heterocycles. The number of aliphatic hydroxyl groups is 1. The molecule has 1 aliphatic rings. The van der Waals surface area contributed by atoms with Gasteiger partial charge in [0.1, 0.15) is 18.5 Å². The van der Waals surface area contributed by atoms with Crippen LogP contribution in [-0.4, -0.2) is 79.8 Å². The van der Waals surface area contributed by atoms with Gasteiger partial charge in [0.05, 0.1) is 0 Å². The van der Waals surface area contributed by atoms with Crippen molar-refractivity contribution in [3.05, 3.63) is 59.6 Å². The fourth-order valence-corrected chi connectivity index (χ4v) is 3.81. The molecule has 0 aliphatic carbocycles. The molecule has 1 heterocycles. The van der Waals surface area contributed by atoms with Gasteiger partial charge >= 0.3 is 0 Å². The predicted octanol–water partition coefficient (Wildman–Crippen LogP) is 3.14. The first-order chi connectivity index (χ1) is 15.0. The Labute approximate surface area is 190 Å². The highest BCUT2D eigenvalue weighted by molar-refractivity contribution is 6.30. The first-order valence-electron chi connectivity index (χ1n) is 10.8. The SMILES string of the molecule is CN(C(=O)CCCN1CCN(CC(O)COc2ccc(Cl)cc2)CC1)c1ccccc1. The Hall–Kier alpha value is -2.12. The van der Waals surface area contributed by atoms with Gasteiger partial charge in [-0.25, -0.2) is 0 Å². The molecule has 2 aromatic rings. The number of carbonyl (C=O) groups excluding carboxylic acids is 1. The lowest BCUT2D eigenvalue weighted by Crippen LogP contribution is -2.49. The average molecular weight is 446 g/mol. The fraction of sp³-hybridized carbons (Fsp3) is 0.458. The molecule has 1 atom stereocenters. The summed E-state index contributed by atoms with van der Waals surface area (Å²) in [4.78, 5) is 18.8. The van der Waals surface area contributed by atoms with E-state index in [1.165, 1.54) is 0 Å². The molecule has 1 amide bonds. The van der Waals surface area contributed by atoms with E-state index < -0.39 is 6.10 Å². The summed E-state index contributed by atoms with van der Waals surface area (Å²) in [5.74, 6) is 0.856. The second-order valence-electron chi connectivity index (χ2n) is 7.95. The van der Waals surface area contributed by atoms with Gasteiger partial charge in [0.25, 0.3) is 0 Å². The number of para-hydroxylation sites is 1. The molecule has 1 fully saturated rings. The van der Waals surface area contributed by atoms with Crippen LogP contribution in [0.25, 0.3) is 0 Å². The molecule has 2 aromatic carbocycles.